The molecule has 31 heavy (non-hydrogen) atoms. The molecule has 6 nitrogen and oxygen atoms in total. The minimum Gasteiger partial charge on any atom is -0.404 e. The average Bonchev–Trinajstić information content (AvgIpc) is 2.68. The number of hydrogen-bond acceptors (Lipinski definition) is 4. The van der Waals surface area contributed by atoms with Crippen molar-refractivity contribution in [3.8, 4) is 5.75 Å². The summed E-state index contributed by atoms with van der Waals surface area (Å²) in [6.45, 7) is 2.65. The first-order valence-corrected chi connectivity index (χ1v) is 11.2. The number of halogens is 4. The lowest BCUT2D eigenvalue weighted by molar-refractivity contribution is -0.274. The summed E-state index contributed by atoms with van der Waals surface area (Å²) in [5.74, 6) is -1.20. The second-order valence-corrected chi connectivity index (χ2v) is 9.57. The average molecular weight is 477 g/mol. The number of para-hydroxylation sites is 2. The van der Waals surface area contributed by atoms with E-state index in [1.807, 2.05) is 6.92 Å². The van der Waals surface area contributed by atoms with E-state index in [2.05, 4.69) is 10.1 Å². The Morgan fingerprint density at radius 1 is 1.23 bits per heavy atom. The molecule has 1 N–H and O–H groups in total. The number of piperidine rings is 1. The van der Waals surface area contributed by atoms with E-state index in [1.54, 1.807) is 0 Å². The lowest BCUT2D eigenvalue weighted by atomic mass is 10.0. The molecule has 1 fully saturated rings. The van der Waals surface area contributed by atoms with Gasteiger partial charge in [-0.25, -0.2) is 8.42 Å². The van der Waals surface area contributed by atoms with Gasteiger partial charge in [0, 0.05) is 18.7 Å². The molecule has 1 amide bonds. The Labute approximate surface area is 183 Å². The molecular weight excluding hydrogens is 457 g/mol. The summed E-state index contributed by atoms with van der Waals surface area (Å²) in [6.07, 6.45) is -3.30. The van der Waals surface area contributed by atoms with Crippen LogP contribution in [0.1, 0.15) is 30.1 Å². The molecule has 0 spiro atoms. The standard InChI is InChI=1S/C20H20ClF3N2O4S/c1-13-5-4-10-26(12-13)31(28,29)18-11-14(8-9-15(18)21)19(27)25-16-6-2-3-7-17(16)30-20(22,23)24/h2-3,6-9,11,13H,4-5,10,12H2,1H3,(H,25,27). The summed E-state index contributed by atoms with van der Waals surface area (Å²) in [6, 6.07) is 8.73. The van der Waals surface area contributed by atoms with Crippen molar-refractivity contribution >= 4 is 33.2 Å². The molecule has 0 bridgehead atoms. The number of rotatable bonds is 5. The van der Waals surface area contributed by atoms with E-state index >= 15 is 0 Å². The molecule has 0 aromatic heterocycles. The molecule has 11 heteroatoms. The monoisotopic (exact) mass is 476 g/mol. The molecule has 0 saturated carbocycles. The highest BCUT2D eigenvalue weighted by molar-refractivity contribution is 7.89. The van der Waals surface area contributed by atoms with Gasteiger partial charge in [-0.3, -0.25) is 4.79 Å². The van der Waals surface area contributed by atoms with Gasteiger partial charge < -0.3 is 10.1 Å². The molecule has 1 aliphatic rings. The number of alkyl halides is 3. The molecule has 3 rings (SSSR count). The molecule has 1 heterocycles. The number of benzene rings is 2. The second kappa shape index (κ2) is 9.05. The van der Waals surface area contributed by atoms with E-state index in [4.69, 9.17) is 11.6 Å². The highest BCUT2D eigenvalue weighted by Gasteiger charge is 2.33. The minimum absolute atomic E-state index is 0.0458. The van der Waals surface area contributed by atoms with Crippen molar-refractivity contribution in [1.82, 2.24) is 4.31 Å². The molecule has 2 aromatic carbocycles. The summed E-state index contributed by atoms with van der Waals surface area (Å²) in [4.78, 5) is 12.4. The van der Waals surface area contributed by atoms with Crippen molar-refractivity contribution in [3.05, 3.63) is 53.1 Å². The van der Waals surface area contributed by atoms with E-state index < -0.39 is 28.0 Å². The van der Waals surface area contributed by atoms with E-state index in [0.717, 1.165) is 18.6 Å². The number of carbonyl (C=O) groups is 1. The lowest BCUT2D eigenvalue weighted by Crippen LogP contribution is -2.39. The predicted octanol–water partition coefficient (Wildman–Crippen LogP) is 4.91. The summed E-state index contributed by atoms with van der Waals surface area (Å²) in [5.41, 5.74) is -0.288. The van der Waals surface area contributed by atoms with Crippen LogP contribution in [0, 0.1) is 5.92 Å². The van der Waals surface area contributed by atoms with Crippen LogP contribution in [0.15, 0.2) is 47.4 Å². The van der Waals surface area contributed by atoms with Crippen molar-refractivity contribution in [2.24, 2.45) is 5.92 Å². The Hall–Kier alpha value is -2.30. The van der Waals surface area contributed by atoms with Crippen LogP contribution < -0.4 is 10.1 Å². The largest absolute Gasteiger partial charge is 0.573 e. The van der Waals surface area contributed by atoms with Gasteiger partial charge >= 0.3 is 6.36 Å². The molecule has 0 radical (unpaired) electrons. The van der Waals surface area contributed by atoms with Gasteiger partial charge in [-0.05, 0) is 49.1 Å². The van der Waals surface area contributed by atoms with Crippen LogP contribution >= 0.6 is 11.6 Å². The molecule has 1 aliphatic heterocycles. The minimum atomic E-state index is -4.94. The van der Waals surface area contributed by atoms with Crippen molar-refractivity contribution in [2.75, 3.05) is 18.4 Å². The first-order valence-electron chi connectivity index (χ1n) is 9.43. The maximum absolute atomic E-state index is 13.1. The van der Waals surface area contributed by atoms with E-state index in [9.17, 15) is 26.4 Å². The van der Waals surface area contributed by atoms with Crippen LogP contribution in [0.3, 0.4) is 0 Å². The fourth-order valence-corrected chi connectivity index (χ4v) is 5.42. The van der Waals surface area contributed by atoms with Gasteiger partial charge in [0.05, 0.1) is 10.7 Å². The summed E-state index contributed by atoms with van der Waals surface area (Å²) < 4.78 is 69.2. The number of ether oxygens (including phenoxy) is 1. The number of carbonyl (C=O) groups excluding carboxylic acids is 1. The predicted molar refractivity (Wildman–Crippen MR) is 110 cm³/mol. The smallest absolute Gasteiger partial charge is 0.404 e. The Morgan fingerprint density at radius 3 is 2.61 bits per heavy atom. The number of nitrogens with zero attached hydrogens (tertiary/aromatic N) is 1. The Morgan fingerprint density at radius 2 is 1.94 bits per heavy atom. The highest BCUT2D eigenvalue weighted by atomic mass is 35.5. The maximum Gasteiger partial charge on any atom is 0.573 e. The van der Waals surface area contributed by atoms with Gasteiger partial charge in [0.2, 0.25) is 10.0 Å². The van der Waals surface area contributed by atoms with Crippen LogP contribution in [0.25, 0.3) is 0 Å². The molecule has 1 saturated heterocycles. The van der Waals surface area contributed by atoms with Crippen LogP contribution in [-0.2, 0) is 10.0 Å². The summed E-state index contributed by atoms with van der Waals surface area (Å²) in [5, 5.41) is 2.27. The molecule has 1 unspecified atom stereocenters. The third-order valence-corrected chi connectivity index (χ3v) is 7.14. The number of nitrogens with one attached hydrogen (secondary N) is 1. The zero-order valence-corrected chi connectivity index (χ0v) is 18.0. The van der Waals surface area contributed by atoms with Gasteiger partial charge in [-0.2, -0.15) is 4.31 Å². The van der Waals surface area contributed by atoms with E-state index in [-0.39, 0.29) is 27.1 Å². The zero-order chi connectivity index (χ0) is 22.8. The summed E-state index contributed by atoms with van der Waals surface area (Å²) >= 11 is 6.12. The fraction of sp³-hybridized carbons (Fsp3) is 0.350. The normalized spacial score (nSPS) is 17.9. The Kier molecular flexibility index (Phi) is 6.82. The molecule has 2 aromatic rings. The van der Waals surface area contributed by atoms with Crippen molar-refractivity contribution in [2.45, 2.75) is 31.0 Å². The Bertz CT molecular complexity index is 1080. The van der Waals surface area contributed by atoms with Crippen molar-refractivity contribution < 1.29 is 31.1 Å². The van der Waals surface area contributed by atoms with E-state index in [0.29, 0.717) is 19.5 Å². The fourth-order valence-electron chi connectivity index (χ4n) is 3.32. The van der Waals surface area contributed by atoms with Crippen molar-refractivity contribution in [3.63, 3.8) is 0 Å². The van der Waals surface area contributed by atoms with Gasteiger partial charge in [0.1, 0.15) is 4.90 Å². The SMILES string of the molecule is CC1CCCN(S(=O)(=O)c2cc(C(=O)Nc3ccccc3OC(F)(F)F)ccc2Cl)C1. The van der Waals surface area contributed by atoms with Crippen LogP contribution in [0.2, 0.25) is 5.02 Å². The van der Waals surface area contributed by atoms with E-state index in [1.165, 1.54) is 34.6 Å². The first-order chi connectivity index (χ1) is 14.5. The molecular formula is C20H20ClF3N2O4S. The topological polar surface area (TPSA) is 75.7 Å². The van der Waals surface area contributed by atoms with Gasteiger partial charge in [0.15, 0.2) is 5.75 Å². The van der Waals surface area contributed by atoms with Crippen LogP contribution in [-0.4, -0.2) is 38.1 Å². The number of anilines is 1. The highest BCUT2D eigenvalue weighted by Crippen LogP contribution is 2.32. The lowest BCUT2D eigenvalue weighted by Gasteiger charge is -2.30. The summed E-state index contributed by atoms with van der Waals surface area (Å²) in [7, 11) is -3.94. The molecule has 0 aliphatic carbocycles. The molecule has 1 atom stereocenters. The van der Waals surface area contributed by atoms with Crippen molar-refractivity contribution in [1.29, 1.82) is 0 Å². The first kappa shape index (κ1) is 23.4. The quantitative estimate of drug-likeness (QED) is 0.665. The van der Waals surface area contributed by atoms with Gasteiger partial charge in [-0.15, -0.1) is 13.2 Å². The van der Waals surface area contributed by atoms with Crippen LogP contribution in [0.4, 0.5) is 18.9 Å². The number of hydrogen-bond donors (Lipinski definition) is 1. The number of sulfonamides is 1. The number of amides is 1. The maximum atomic E-state index is 13.1. The zero-order valence-electron chi connectivity index (χ0n) is 16.4. The second-order valence-electron chi connectivity index (χ2n) is 7.25. The third-order valence-electron chi connectivity index (χ3n) is 4.79. The third kappa shape index (κ3) is 5.69. The molecule has 168 valence electrons. The van der Waals surface area contributed by atoms with Gasteiger partial charge in [-0.1, -0.05) is 30.7 Å². The van der Waals surface area contributed by atoms with Crippen LogP contribution in [0.5, 0.6) is 5.75 Å². The van der Waals surface area contributed by atoms with Gasteiger partial charge in [0.25, 0.3) is 5.91 Å². The Balaban J connectivity index is 1.88.